The van der Waals surface area contributed by atoms with E-state index in [0.29, 0.717) is 12.8 Å². The van der Waals surface area contributed by atoms with Gasteiger partial charge in [-0.05, 0) is 64.2 Å². The van der Waals surface area contributed by atoms with Crippen LogP contribution in [0.3, 0.4) is 0 Å². The average molecular weight is 662 g/mol. The number of carbonyl (C=O) groups excluding carboxylic acids is 1. The Balaban J connectivity index is 3.56. The number of hydrogen-bond acceptors (Lipinski definition) is 3. The van der Waals surface area contributed by atoms with Crippen molar-refractivity contribution in [3.63, 3.8) is 0 Å². The highest BCUT2D eigenvalue weighted by Crippen LogP contribution is 2.14. The van der Waals surface area contributed by atoms with Gasteiger partial charge in [-0.15, -0.1) is 0 Å². The molecule has 0 rings (SSSR count). The van der Waals surface area contributed by atoms with Crippen molar-refractivity contribution in [2.24, 2.45) is 0 Å². The summed E-state index contributed by atoms with van der Waals surface area (Å²) in [6.07, 6.45) is 49.6. The summed E-state index contributed by atoms with van der Waals surface area (Å²) >= 11 is 0. The normalized spacial score (nSPS) is 13.2. The first-order chi connectivity index (χ1) is 23.2. The Morgan fingerprint density at radius 2 is 0.809 bits per heavy atom. The Hall–Kier alpha value is -1.13. The molecule has 0 aliphatic heterocycles. The van der Waals surface area contributed by atoms with Crippen LogP contribution in [0.25, 0.3) is 0 Å². The van der Waals surface area contributed by atoms with E-state index in [1.807, 2.05) is 0 Å². The van der Waals surface area contributed by atoms with Crippen molar-refractivity contribution < 1.29 is 15.0 Å². The minimum atomic E-state index is -0.680. The minimum absolute atomic E-state index is 0.0426. The zero-order chi connectivity index (χ0) is 34.3. The molecule has 47 heavy (non-hydrogen) atoms. The minimum Gasteiger partial charge on any atom is -0.394 e. The van der Waals surface area contributed by atoms with Crippen LogP contribution in [0, 0.1) is 0 Å². The molecule has 0 aromatic carbocycles. The fourth-order valence-corrected chi connectivity index (χ4v) is 6.41. The topological polar surface area (TPSA) is 69.6 Å². The van der Waals surface area contributed by atoms with Gasteiger partial charge >= 0.3 is 0 Å². The van der Waals surface area contributed by atoms with E-state index in [1.165, 1.54) is 167 Å². The third-order valence-electron chi connectivity index (χ3n) is 9.68. The largest absolute Gasteiger partial charge is 0.394 e. The molecule has 0 aromatic heterocycles. The van der Waals surface area contributed by atoms with Crippen LogP contribution in [-0.2, 0) is 4.79 Å². The summed E-state index contributed by atoms with van der Waals surface area (Å²) in [5.74, 6) is -0.0426. The second-order valence-electron chi connectivity index (χ2n) is 14.4. The summed E-state index contributed by atoms with van der Waals surface area (Å²) in [4.78, 5) is 12.4. The van der Waals surface area contributed by atoms with Gasteiger partial charge in [0.05, 0.1) is 18.8 Å². The van der Waals surface area contributed by atoms with Gasteiger partial charge in [0.15, 0.2) is 0 Å². The van der Waals surface area contributed by atoms with Crippen molar-refractivity contribution in [3.05, 3.63) is 24.3 Å². The average Bonchev–Trinajstić information content (AvgIpc) is 3.07. The maximum atomic E-state index is 12.4. The number of hydrogen-bond donors (Lipinski definition) is 3. The van der Waals surface area contributed by atoms with E-state index >= 15 is 0 Å². The standard InChI is InChI=1S/C43H83NO3/c1-3-5-7-9-11-13-15-17-19-21-22-23-25-27-29-31-33-35-37-39-43(47)44-41(40-45)42(46)38-36-34-32-30-28-26-24-20-18-16-14-12-10-8-6-4-2/h17,19,28,30,41-42,45-46H,3-16,18,20-27,29,31-40H2,1-2H3,(H,44,47)/b19-17+,30-28+/t41-,42+/m0/s1. The molecule has 2 atom stereocenters. The lowest BCUT2D eigenvalue weighted by molar-refractivity contribution is -0.123. The molecule has 0 bridgehead atoms. The van der Waals surface area contributed by atoms with Crippen LogP contribution in [0.15, 0.2) is 24.3 Å². The van der Waals surface area contributed by atoms with Crippen LogP contribution < -0.4 is 5.32 Å². The highest BCUT2D eigenvalue weighted by molar-refractivity contribution is 5.76. The second-order valence-corrected chi connectivity index (χ2v) is 14.4. The molecule has 1 amide bonds. The van der Waals surface area contributed by atoms with Gasteiger partial charge in [0.2, 0.25) is 5.91 Å². The molecule has 4 nitrogen and oxygen atoms in total. The Kier molecular flexibility index (Phi) is 38.4. The first-order valence-corrected chi connectivity index (χ1v) is 21.0. The number of amides is 1. The third kappa shape index (κ3) is 36.0. The molecule has 0 aliphatic carbocycles. The van der Waals surface area contributed by atoms with Crippen LogP contribution in [0.5, 0.6) is 0 Å². The molecule has 0 aliphatic rings. The predicted molar refractivity (Wildman–Crippen MR) is 207 cm³/mol. The highest BCUT2D eigenvalue weighted by atomic mass is 16.3. The maximum absolute atomic E-state index is 12.4. The molecule has 278 valence electrons. The van der Waals surface area contributed by atoms with Crippen molar-refractivity contribution in [3.8, 4) is 0 Å². The molecule has 3 N–H and O–H groups in total. The molecule has 0 saturated heterocycles. The number of carbonyl (C=O) groups is 1. The van der Waals surface area contributed by atoms with Gasteiger partial charge in [-0.2, -0.15) is 0 Å². The smallest absolute Gasteiger partial charge is 0.220 e. The van der Waals surface area contributed by atoms with E-state index in [9.17, 15) is 15.0 Å². The van der Waals surface area contributed by atoms with Crippen LogP contribution >= 0.6 is 0 Å². The van der Waals surface area contributed by atoms with Gasteiger partial charge in [0.25, 0.3) is 0 Å². The zero-order valence-electron chi connectivity index (χ0n) is 31.8. The lowest BCUT2D eigenvalue weighted by atomic mass is 10.0. The van der Waals surface area contributed by atoms with E-state index in [4.69, 9.17) is 0 Å². The predicted octanol–water partition coefficient (Wildman–Crippen LogP) is 12.8. The fourth-order valence-electron chi connectivity index (χ4n) is 6.41. The van der Waals surface area contributed by atoms with Crippen LogP contribution in [0.2, 0.25) is 0 Å². The first kappa shape index (κ1) is 45.9. The summed E-state index contributed by atoms with van der Waals surface area (Å²) in [6.45, 7) is 4.35. The van der Waals surface area contributed by atoms with Gasteiger partial charge in [0.1, 0.15) is 0 Å². The third-order valence-corrected chi connectivity index (χ3v) is 9.68. The number of rotatable bonds is 38. The van der Waals surface area contributed by atoms with Gasteiger partial charge in [-0.3, -0.25) is 4.79 Å². The first-order valence-electron chi connectivity index (χ1n) is 21.0. The lowest BCUT2D eigenvalue weighted by Gasteiger charge is -2.22. The number of nitrogens with one attached hydrogen (secondary N) is 1. The summed E-state index contributed by atoms with van der Waals surface area (Å²) < 4.78 is 0. The number of allylic oxidation sites excluding steroid dienone is 4. The van der Waals surface area contributed by atoms with Gasteiger partial charge < -0.3 is 15.5 Å². The molecule has 0 radical (unpaired) electrons. The molecule has 0 spiro atoms. The Bertz CT molecular complexity index is 676. The highest BCUT2D eigenvalue weighted by Gasteiger charge is 2.19. The molecule has 0 saturated carbocycles. The summed E-state index contributed by atoms with van der Waals surface area (Å²) in [7, 11) is 0. The Labute approximate surface area is 294 Å². The molecular weight excluding hydrogens is 578 g/mol. The van der Waals surface area contributed by atoms with Crippen LogP contribution in [-0.4, -0.2) is 34.9 Å². The van der Waals surface area contributed by atoms with Crippen LogP contribution in [0.1, 0.15) is 226 Å². The fraction of sp³-hybridized carbons (Fsp3) is 0.884. The van der Waals surface area contributed by atoms with E-state index in [2.05, 4.69) is 43.5 Å². The Morgan fingerprint density at radius 3 is 1.17 bits per heavy atom. The second kappa shape index (κ2) is 39.3. The quantitative estimate of drug-likeness (QED) is 0.0455. The molecular formula is C43H83NO3. The van der Waals surface area contributed by atoms with Crippen molar-refractivity contribution in [1.29, 1.82) is 0 Å². The van der Waals surface area contributed by atoms with E-state index < -0.39 is 12.1 Å². The number of aliphatic hydroxyl groups excluding tert-OH is 2. The molecule has 0 unspecified atom stereocenters. The summed E-state index contributed by atoms with van der Waals surface area (Å²) in [6, 6.07) is -0.551. The number of unbranched alkanes of at least 4 members (excludes halogenated alkanes) is 27. The summed E-state index contributed by atoms with van der Waals surface area (Å²) in [5, 5.41) is 23.1. The van der Waals surface area contributed by atoms with Crippen molar-refractivity contribution in [2.45, 2.75) is 238 Å². The molecule has 0 heterocycles. The summed E-state index contributed by atoms with van der Waals surface area (Å²) in [5.41, 5.74) is 0. The molecule has 4 heteroatoms. The monoisotopic (exact) mass is 662 g/mol. The SMILES string of the molecule is CCCCCCCC/C=C/CCCCCCCCCCCC(=O)N[C@@H](CO)[C@H](O)CCCC/C=C/CCCCCCCCCCCC. The zero-order valence-corrected chi connectivity index (χ0v) is 31.8. The van der Waals surface area contributed by atoms with E-state index in [1.54, 1.807) is 0 Å². The van der Waals surface area contributed by atoms with Crippen molar-refractivity contribution in [2.75, 3.05) is 6.61 Å². The molecule has 0 fully saturated rings. The number of aliphatic hydroxyl groups is 2. The van der Waals surface area contributed by atoms with Crippen molar-refractivity contribution in [1.82, 2.24) is 5.32 Å². The molecule has 0 aromatic rings. The maximum Gasteiger partial charge on any atom is 0.220 e. The van der Waals surface area contributed by atoms with Crippen LogP contribution in [0.4, 0.5) is 0 Å². The Morgan fingerprint density at radius 1 is 0.489 bits per heavy atom. The van der Waals surface area contributed by atoms with Gasteiger partial charge in [-0.1, -0.05) is 179 Å². The van der Waals surface area contributed by atoms with Crippen molar-refractivity contribution >= 4 is 5.91 Å². The van der Waals surface area contributed by atoms with Gasteiger partial charge in [-0.25, -0.2) is 0 Å². The van der Waals surface area contributed by atoms with Gasteiger partial charge in [0, 0.05) is 6.42 Å². The lowest BCUT2D eigenvalue weighted by Crippen LogP contribution is -2.45. The van der Waals surface area contributed by atoms with E-state index in [0.717, 1.165) is 32.1 Å². The van der Waals surface area contributed by atoms with E-state index in [-0.39, 0.29) is 12.5 Å².